The van der Waals surface area contributed by atoms with Crippen molar-refractivity contribution in [1.29, 1.82) is 0 Å². The fourth-order valence-corrected chi connectivity index (χ4v) is 3.30. The molecule has 0 saturated carbocycles. The molecule has 1 aromatic carbocycles. The maximum absolute atomic E-state index is 12.0. The second-order valence-electron chi connectivity index (χ2n) is 4.78. The van der Waals surface area contributed by atoms with Gasteiger partial charge >= 0.3 is 0 Å². The fraction of sp³-hybridized carbons (Fsp3) is 0.429. The second kappa shape index (κ2) is 6.06. The van der Waals surface area contributed by atoms with Crippen LogP contribution in [0.2, 0.25) is 5.02 Å². The molecule has 2 unspecified atom stereocenters. The third-order valence-corrected chi connectivity index (χ3v) is 4.40. The van der Waals surface area contributed by atoms with E-state index in [0.29, 0.717) is 11.4 Å². The molecule has 1 heterocycles. The van der Waals surface area contributed by atoms with Gasteiger partial charge in [-0.2, -0.15) is 0 Å². The predicted octanol–water partition coefficient (Wildman–Crippen LogP) is 3.65. The van der Waals surface area contributed by atoms with E-state index < -0.39 is 0 Å². The molecule has 1 aliphatic heterocycles. The smallest absolute Gasteiger partial charge is 0.230 e. The van der Waals surface area contributed by atoms with Gasteiger partial charge in [-0.25, -0.2) is 0 Å². The Labute approximate surface area is 125 Å². The topological polar surface area (TPSA) is 46.2 Å². The lowest BCUT2D eigenvalue weighted by molar-refractivity contribution is -0.137. The first-order chi connectivity index (χ1) is 9.02. The quantitative estimate of drug-likeness (QED) is 0.851. The summed E-state index contributed by atoms with van der Waals surface area (Å²) in [5.41, 5.74) is 0.939. The van der Waals surface area contributed by atoms with Gasteiger partial charge in [0.25, 0.3) is 0 Å². The van der Waals surface area contributed by atoms with Gasteiger partial charge < -0.3 is 0 Å². The minimum Gasteiger partial charge on any atom is -0.296 e. The molecule has 0 bridgehead atoms. The van der Waals surface area contributed by atoms with Gasteiger partial charge in [0.05, 0.1) is 0 Å². The molecule has 1 aromatic rings. The van der Waals surface area contributed by atoms with Crippen molar-refractivity contribution in [2.75, 3.05) is 0 Å². The molecule has 2 atom stereocenters. The van der Waals surface area contributed by atoms with Crippen LogP contribution in [0.3, 0.4) is 0 Å². The third kappa shape index (κ3) is 3.18. The van der Waals surface area contributed by atoms with Gasteiger partial charge in [-0.05, 0) is 30.2 Å². The lowest BCUT2D eigenvalue weighted by Crippen LogP contribution is -2.44. The molecule has 1 fully saturated rings. The molecule has 0 radical (unpaired) electrons. The lowest BCUT2D eigenvalue weighted by Gasteiger charge is -2.31. The van der Waals surface area contributed by atoms with Crippen LogP contribution in [0, 0.1) is 5.92 Å². The van der Waals surface area contributed by atoms with Crippen molar-refractivity contribution in [2.24, 2.45) is 5.92 Å². The van der Waals surface area contributed by atoms with Crippen LogP contribution in [0.25, 0.3) is 0 Å². The number of hydrogen-bond donors (Lipinski definition) is 1. The first-order valence-corrected chi connectivity index (χ1v) is 7.48. The average Bonchev–Trinajstić information content (AvgIpc) is 2.35. The Morgan fingerprint density at radius 1 is 1.42 bits per heavy atom. The van der Waals surface area contributed by atoms with E-state index >= 15 is 0 Å². The summed E-state index contributed by atoms with van der Waals surface area (Å²) in [5, 5.41) is 3.04. The van der Waals surface area contributed by atoms with Gasteiger partial charge in [-0.15, -0.1) is 0 Å². The maximum atomic E-state index is 12.0. The molecule has 1 aliphatic rings. The summed E-state index contributed by atoms with van der Waals surface area (Å²) < 4.78 is 0.894. The zero-order valence-corrected chi connectivity index (χ0v) is 12.9. The molecule has 0 spiro atoms. The van der Waals surface area contributed by atoms with Gasteiger partial charge in [0.15, 0.2) is 0 Å². The molecule has 19 heavy (non-hydrogen) atoms. The number of piperidine rings is 1. The van der Waals surface area contributed by atoms with Crippen molar-refractivity contribution in [3.63, 3.8) is 0 Å². The summed E-state index contributed by atoms with van der Waals surface area (Å²) in [6.07, 6.45) is 2.00. The number of imide groups is 1. The number of carbonyl (C=O) groups excluding carboxylic acids is 2. The van der Waals surface area contributed by atoms with Gasteiger partial charge in [0, 0.05) is 27.8 Å². The van der Waals surface area contributed by atoms with E-state index in [1.165, 1.54) is 0 Å². The predicted molar refractivity (Wildman–Crippen MR) is 78.1 cm³/mol. The highest BCUT2D eigenvalue weighted by Gasteiger charge is 2.36. The van der Waals surface area contributed by atoms with E-state index in [-0.39, 0.29) is 23.7 Å². The van der Waals surface area contributed by atoms with E-state index in [1.54, 1.807) is 6.07 Å². The van der Waals surface area contributed by atoms with Crippen LogP contribution in [0.5, 0.6) is 0 Å². The molecular formula is C14H15BrClNO2. The molecule has 0 aromatic heterocycles. The number of halogens is 2. The van der Waals surface area contributed by atoms with Crippen LogP contribution in [-0.2, 0) is 9.59 Å². The van der Waals surface area contributed by atoms with Crippen LogP contribution in [0.1, 0.15) is 37.7 Å². The van der Waals surface area contributed by atoms with Crippen molar-refractivity contribution in [2.45, 2.75) is 32.1 Å². The largest absolute Gasteiger partial charge is 0.296 e. The highest BCUT2D eigenvalue weighted by molar-refractivity contribution is 9.10. The Morgan fingerprint density at radius 2 is 2.16 bits per heavy atom. The zero-order valence-electron chi connectivity index (χ0n) is 10.6. The Balaban J connectivity index is 2.40. The van der Waals surface area contributed by atoms with Crippen LogP contribution in [-0.4, -0.2) is 11.8 Å². The number of amides is 2. The summed E-state index contributed by atoms with van der Waals surface area (Å²) >= 11 is 9.51. The maximum Gasteiger partial charge on any atom is 0.230 e. The Kier molecular flexibility index (Phi) is 4.63. The minimum atomic E-state index is -0.214. The summed E-state index contributed by atoms with van der Waals surface area (Å²) in [7, 11) is 0. The van der Waals surface area contributed by atoms with Crippen molar-refractivity contribution in [3.05, 3.63) is 33.3 Å². The molecule has 1 saturated heterocycles. The Bertz CT molecular complexity index is 518. The molecule has 102 valence electrons. The number of hydrogen-bond acceptors (Lipinski definition) is 2. The lowest BCUT2D eigenvalue weighted by atomic mass is 9.78. The molecule has 0 aliphatic carbocycles. The van der Waals surface area contributed by atoms with Crippen LogP contribution < -0.4 is 5.32 Å². The normalized spacial score (nSPS) is 23.3. The van der Waals surface area contributed by atoms with E-state index in [0.717, 1.165) is 22.9 Å². The molecule has 3 nitrogen and oxygen atoms in total. The van der Waals surface area contributed by atoms with Gasteiger partial charge in [-0.1, -0.05) is 40.9 Å². The molecule has 1 N–H and O–H groups in total. The highest BCUT2D eigenvalue weighted by Crippen LogP contribution is 2.38. The van der Waals surface area contributed by atoms with Gasteiger partial charge in [0.2, 0.25) is 11.8 Å². The SMILES string of the molecule is CCCC1C(=O)NC(=O)CC1c1cc(Cl)ccc1Br. The van der Waals surface area contributed by atoms with Crippen LogP contribution >= 0.6 is 27.5 Å². The molecule has 5 heteroatoms. The summed E-state index contributed by atoms with van der Waals surface area (Å²) in [4.78, 5) is 23.6. The number of carbonyl (C=O) groups is 2. The summed E-state index contributed by atoms with van der Waals surface area (Å²) in [5.74, 6) is -0.657. The van der Waals surface area contributed by atoms with Gasteiger partial charge in [-0.3, -0.25) is 14.9 Å². The van der Waals surface area contributed by atoms with Crippen molar-refractivity contribution < 1.29 is 9.59 Å². The van der Waals surface area contributed by atoms with E-state index in [1.807, 2.05) is 19.1 Å². The first kappa shape index (κ1) is 14.5. The highest BCUT2D eigenvalue weighted by atomic mass is 79.9. The first-order valence-electron chi connectivity index (χ1n) is 6.31. The Morgan fingerprint density at radius 3 is 2.84 bits per heavy atom. The zero-order chi connectivity index (χ0) is 14.0. The van der Waals surface area contributed by atoms with E-state index in [9.17, 15) is 9.59 Å². The fourth-order valence-electron chi connectivity index (χ4n) is 2.57. The monoisotopic (exact) mass is 343 g/mol. The second-order valence-corrected chi connectivity index (χ2v) is 6.07. The van der Waals surface area contributed by atoms with E-state index in [2.05, 4.69) is 21.2 Å². The molecule has 2 amide bonds. The molecule has 2 rings (SSSR count). The van der Waals surface area contributed by atoms with Crippen molar-refractivity contribution in [3.8, 4) is 0 Å². The summed E-state index contributed by atoms with van der Waals surface area (Å²) in [6, 6.07) is 5.48. The summed E-state index contributed by atoms with van der Waals surface area (Å²) in [6.45, 7) is 2.04. The number of benzene rings is 1. The third-order valence-electron chi connectivity index (χ3n) is 3.45. The van der Waals surface area contributed by atoms with Crippen molar-refractivity contribution >= 4 is 39.3 Å². The Hall–Kier alpha value is -0.870. The van der Waals surface area contributed by atoms with Crippen LogP contribution in [0.4, 0.5) is 0 Å². The van der Waals surface area contributed by atoms with E-state index in [4.69, 9.17) is 11.6 Å². The van der Waals surface area contributed by atoms with Crippen molar-refractivity contribution in [1.82, 2.24) is 5.32 Å². The number of nitrogens with one attached hydrogen (secondary N) is 1. The average molecular weight is 345 g/mol. The van der Waals surface area contributed by atoms with Gasteiger partial charge in [0.1, 0.15) is 0 Å². The standard InChI is InChI=1S/C14H15BrClNO2/c1-2-3-9-10(7-13(18)17-14(9)19)11-6-8(16)4-5-12(11)15/h4-6,9-10H,2-3,7H2,1H3,(H,17,18,19). The molecular weight excluding hydrogens is 330 g/mol. The van der Waals surface area contributed by atoms with Crippen LogP contribution in [0.15, 0.2) is 22.7 Å². The number of rotatable bonds is 3. The minimum absolute atomic E-state index is 0.103.